The Balaban J connectivity index is 1.77. The van der Waals surface area contributed by atoms with Crippen LogP contribution in [0.15, 0.2) is 0 Å². The minimum Gasteiger partial charge on any atom is -0.316 e. The summed E-state index contributed by atoms with van der Waals surface area (Å²) in [4.78, 5) is 2.65. The molecule has 2 aliphatic rings. The fourth-order valence-corrected chi connectivity index (χ4v) is 4.41. The van der Waals surface area contributed by atoms with Crippen molar-refractivity contribution in [1.82, 2.24) is 10.2 Å². The molecule has 2 saturated carbocycles. The van der Waals surface area contributed by atoms with Gasteiger partial charge in [0.2, 0.25) is 0 Å². The second kappa shape index (κ2) is 7.79. The molecular formula is C18H36N2. The maximum Gasteiger partial charge on any atom is 0.00472 e. The van der Waals surface area contributed by atoms with Crippen LogP contribution in [0.3, 0.4) is 0 Å². The highest BCUT2D eigenvalue weighted by Crippen LogP contribution is 2.38. The van der Waals surface area contributed by atoms with Gasteiger partial charge in [-0.15, -0.1) is 0 Å². The molecule has 0 heterocycles. The van der Waals surface area contributed by atoms with Gasteiger partial charge in [0.05, 0.1) is 0 Å². The maximum atomic E-state index is 3.74. The minimum atomic E-state index is 0.572. The molecule has 118 valence electrons. The zero-order valence-corrected chi connectivity index (χ0v) is 14.1. The van der Waals surface area contributed by atoms with Gasteiger partial charge >= 0.3 is 0 Å². The summed E-state index contributed by atoms with van der Waals surface area (Å²) in [7, 11) is 2.36. The van der Waals surface area contributed by atoms with Crippen LogP contribution in [0.25, 0.3) is 0 Å². The number of rotatable bonds is 8. The lowest BCUT2D eigenvalue weighted by atomic mass is 9.85. The third-order valence-corrected chi connectivity index (χ3v) is 5.37. The Hall–Kier alpha value is -0.0800. The molecule has 0 radical (unpaired) electrons. The van der Waals surface area contributed by atoms with Crippen molar-refractivity contribution in [2.75, 3.05) is 33.2 Å². The molecule has 2 aliphatic carbocycles. The zero-order valence-electron chi connectivity index (χ0n) is 14.1. The van der Waals surface area contributed by atoms with Crippen LogP contribution in [0.5, 0.6) is 0 Å². The van der Waals surface area contributed by atoms with Crippen LogP contribution >= 0.6 is 0 Å². The van der Waals surface area contributed by atoms with E-state index < -0.39 is 0 Å². The van der Waals surface area contributed by atoms with E-state index in [4.69, 9.17) is 0 Å². The minimum absolute atomic E-state index is 0.572. The fraction of sp³-hybridized carbons (Fsp3) is 1.00. The highest BCUT2D eigenvalue weighted by atomic mass is 15.1. The molecule has 0 unspecified atom stereocenters. The van der Waals surface area contributed by atoms with Crippen LogP contribution in [0, 0.1) is 17.3 Å². The molecule has 2 heteroatoms. The lowest BCUT2D eigenvalue weighted by molar-refractivity contribution is 0.155. The van der Waals surface area contributed by atoms with Crippen molar-refractivity contribution in [2.24, 2.45) is 17.3 Å². The van der Waals surface area contributed by atoms with E-state index in [9.17, 15) is 0 Å². The van der Waals surface area contributed by atoms with E-state index in [1.54, 1.807) is 0 Å². The second-order valence-corrected chi connectivity index (χ2v) is 8.08. The normalized spacial score (nSPS) is 23.2. The van der Waals surface area contributed by atoms with Gasteiger partial charge < -0.3 is 10.2 Å². The Bertz CT molecular complexity index is 263. The summed E-state index contributed by atoms with van der Waals surface area (Å²) >= 11 is 0. The molecule has 0 aromatic carbocycles. The third kappa shape index (κ3) is 5.04. The summed E-state index contributed by atoms with van der Waals surface area (Å²) in [5.41, 5.74) is 0.572. The molecule has 0 saturated heterocycles. The van der Waals surface area contributed by atoms with Crippen molar-refractivity contribution in [3.8, 4) is 0 Å². The highest BCUT2D eigenvalue weighted by molar-refractivity contribution is 4.89. The van der Waals surface area contributed by atoms with Gasteiger partial charge in [-0.1, -0.05) is 39.5 Å². The Morgan fingerprint density at radius 3 is 2.35 bits per heavy atom. The van der Waals surface area contributed by atoms with Gasteiger partial charge in [-0.3, -0.25) is 0 Å². The SMILES string of the molecule is CC(C)CNCC1(CN(C)CC2CCCC2)CCCC1. The fourth-order valence-electron chi connectivity index (χ4n) is 4.41. The molecule has 0 spiro atoms. The number of nitrogens with zero attached hydrogens (tertiary/aromatic N) is 1. The lowest BCUT2D eigenvalue weighted by Gasteiger charge is -2.35. The van der Waals surface area contributed by atoms with E-state index in [1.165, 1.54) is 77.5 Å². The molecule has 0 amide bonds. The van der Waals surface area contributed by atoms with Gasteiger partial charge in [0.15, 0.2) is 0 Å². The molecule has 2 fully saturated rings. The van der Waals surface area contributed by atoms with Crippen molar-refractivity contribution in [3.05, 3.63) is 0 Å². The Kier molecular flexibility index (Phi) is 6.35. The van der Waals surface area contributed by atoms with E-state index in [2.05, 4.69) is 31.1 Å². The predicted octanol–water partition coefficient (Wildman–Crippen LogP) is 3.91. The monoisotopic (exact) mass is 280 g/mol. The van der Waals surface area contributed by atoms with Crippen molar-refractivity contribution in [1.29, 1.82) is 0 Å². The number of hydrogen-bond acceptors (Lipinski definition) is 2. The first kappa shape index (κ1) is 16.3. The van der Waals surface area contributed by atoms with Gasteiger partial charge in [0, 0.05) is 19.6 Å². The van der Waals surface area contributed by atoms with Gasteiger partial charge in [-0.05, 0) is 56.5 Å². The van der Waals surface area contributed by atoms with Crippen LogP contribution in [-0.2, 0) is 0 Å². The zero-order chi connectivity index (χ0) is 14.4. The summed E-state index contributed by atoms with van der Waals surface area (Å²) in [6.45, 7) is 9.68. The van der Waals surface area contributed by atoms with E-state index >= 15 is 0 Å². The second-order valence-electron chi connectivity index (χ2n) is 8.08. The molecule has 0 aromatic rings. The lowest BCUT2D eigenvalue weighted by Crippen LogP contribution is -2.43. The average Bonchev–Trinajstić information content (AvgIpc) is 3.01. The summed E-state index contributed by atoms with van der Waals surface area (Å²) in [6, 6.07) is 0. The molecule has 0 aliphatic heterocycles. The van der Waals surface area contributed by atoms with Gasteiger partial charge in [-0.25, -0.2) is 0 Å². The summed E-state index contributed by atoms with van der Waals surface area (Å²) < 4.78 is 0. The highest BCUT2D eigenvalue weighted by Gasteiger charge is 2.35. The largest absolute Gasteiger partial charge is 0.316 e. The first-order valence-corrected chi connectivity index (χ1v) is 8.99. The predicted molar refractivity (Wildman–Crippen MR) is 88.1 cm³/mol. The van der Waals surface area contributed by atoms with Crippen molar-refractivity contribution < 1.29 is 0 Å². The van der Waals surface area contributed by atoms with Gasteiger partial charge in [0.1, 0.15) is 0 Å². The number of nitrogens with one attached hydrogen (secondary N) is 1. The Morgan fingerprint density at radius 2 is 1.75 bits per heavy atom. The Morgan fingerprint density at radius 1 is 1.10 bits per heavy atom. The first-order valence-electron chi connectivity index (χ1n) is 8.99. The molecule has 2 nitrogen and oxygen atoms in total. The third-order valence-electron chi connectivity index (χ3n) is 5.37. The number of hydrogen-bond donors (Lipinski definition) is 1. The van der Waals surface area contributed by atoms with Crippen molar-refractivity contribution in [2.45, 2.75) is 65.2 Å². The molecule has 0 bridgehead atoms. The molecule has 20 heavy (non-hydrogen) atoms. The topological polar surface area (TPSA) is 15.3 Å². The quantitative estimate of drug-likeness (QED) is 0.725. The average molecular weight is 280 g/mol. The van der Waals surface area contributed by atoms with Crippen LogP contribution in [0.4, 0.5) is 0 Å². The first-order chi connectivity index (χ1) is 9.60. The maximum absolute atomic E-state index is 3.74. The van der Waals surface area contributed by atoms with Gasteiger partial charge in [-0.2, -0.15) is 0 Å². The van der Waals surface area contributed by atoms with Crippen LogP contribution in [0.2, 0.25) is 0 Å². The van der Waals surface area contributed by atoms with Crippen LogP contribution < -0.4 is 5.32 Å². The molecule has 2 rings (SSSR count). The smallest absolute Gasteiger partial charge is 0.00472 e. The van der Waals surface area contributed by atoms with E-state index in [0.717, 1.165) is 11.8 Å². The standard InChI is InChI=1S/C18H36N2/c1-16(2)12-19-14-18(10-6-7-11-18)15-20(3)13-17-8-4-5-9-17/h16-17,19H,4-15H2,1-3H3. The molecular weight excluding hydrogens is 244 g/mol. The molecule has 0 aromatic heterocycles. The van der Waals surface area contributed by atoms with Crippen LogP contribution in [0.1, 0.15) is 65.2 Å². The molecule has 1 N–H and O–H groups in total. The van der Waals surface area contributed by atoms with E-state index in [1.807, 2.05) is 0 Å². The molecule has 0 atom stereocenters. The summed E-state index contributed by atoms with van der Waals surface area (Å²) in [6.07, 6.45) is 11.7. The Labute approximate surface area is 126 Å². The van der Waals surface area contributed by atoms with Crippen LogP contribution in [-0.4, -0.2) is 38.1 Å². The van der Waals surface area contributed by atoms with Crippen molar-refractivity contribution in [3.63, 3.8) is 0 Å². The summed E-state index contributed by atoms with van der Waals surface area (Å²) in [5.74, 6) is 1.76. The van der Waals surface area contributed by atoms with E-state index in [-0.39, 0.29) is 0 Å². The summed E-state index contributed by atoms with van der Waals surface area (Å²) in [5, 5.41) is 3.74. The van der Waals surface area contributed by atoms with E-state index in [0.29, 0.717) is 5.41 Å². The van der Waals surface area contributed by atoms with Crippen molar-refractivity contribution >= 4 is 0 Å². The van der Waals surface area contributed by atoms with Gasteiger partial charge in [0.25, 0.3) is 0 Å².